The van der Waals surface area contributed by atoms with Crippen LogP contribution < -0.4 is 15.8 Å². The number of aliphatic hydroxyl groups is 1. The summed E-state index contributed by atoms with van der Waals surface area (Å²) >= 11 is 0. The second kappa shape index (κ2) is 8.21. The number of aliphatic hydroxyl groups excluding tert-OH is 1. The van der Waals surface area contributed by atoms with Gasteiger partial charge in [0.15, 0.2) is 9.84 Å². The molecular weight excluding hydrogens is 462 g/mol. The Hall–Kier alpha value is -2.92. The van der Waals surface area contributed by atoms with Crippen LogP contribution in [-0.2, 0) is 26.4 Å². The average molecular weight is 484 g/mol. The van der Waals surface area contributed by atoms with E-state index in [9.17, 15) is 21.9 Å². The Bertz CT molecular complexity index is 1340. The van der Waals surface area contributed by atoms with E-state index < -0.39 is 41.5 Å². The van der Waals surface area contributed by atoms with Gasteiger partial charge in [-0.1, -0.05) is 0 Å². The number of sulfonamides is 1. The van der Waals surface area contributed by atoms with Gasteiger partial charge in [-0.2, -0.15) is 5.21 Å². The summed E-state index contributed by atoms with van der Waals surface area (Å²) in [6.45, 7) is 0.870. The Morgan fingerprint density at radius 3 is 2.66 bits per heavy atom. The number of imidazole rings is 1. The van der Waals surface area contributed by atoms with Crippen LogP contribution in [0.4, 0.5) is 11.6 Å². The molecule has 32 heavy (non-hydrogen) atoms. The van der Waals surface area contributed by atoms with Gasteiger partial charge in [0, 0.05) is 32.0 Å². The van der Waals surface area contributed by atoms with E-state index in [1.165, 1.54) is 6.07 Å². The van der Waals surface area contributed by atoms with Crippen LogP contribution in [-0.4, -0.2) is 77.1 Å². The fourth-order valence-corrected chi connectivity index (χ4v) is 6.69. The van der Waals surface area contributed by atoms with Gasteiger partial charge in [-0.15, -0.1) is 10.2 Å². The lowest BCUT2D eigenvalue weighted by Crippen LogP contribution is -2.31. The number of nitrogens with two attached hydrogens (primary N) is 2. The molecule has 0 unspecified atom stereocenters. The van der Waals surface area contributed by atoms with Crippen molar-refractivity contribution in [3.63, 3.8) is 0 Å². The van der Waals surface area contributed by atoms with Crippen LogP contribution in [0.25, 0.3) is 11.4 Å². The number of fused-ring (bicyclic) bond motifs is 1. The number of aryl methyl sites for hydroxylation is 1. The Morgan fingerprint density at radius 2 is 2.00 bits per heavy atom. The third kappa shape index (κ3) is 3.97. The smallest absolute Gasteiger partial charge is 0.240 e. The van der Waals surface area contributed by atoms with Crippen LogP contribution in [0, 0.1) is 0 Å². The Morgan fingerprint density at radius 1 is 1.22 bits per heavy atom. The third-order valence-electron chi connectivity index (χ3n) is 4.98. The molecule has 3 heterocycles. The summed E-state index contributed by atoms with van der Waals surface area (Å²) in [5, 5.41) is 28.8. The average Bonchev–Trinajstić information content (AvgIpc) is 3.43. The molecule has 0 saturated heterocycles. The van der Waals surface area contributed by atoms with E-state index in [2.05, 4.69) is 25.6 Å². The number of hydrogen-bond donors (Lipinski definition) is 4. The van der Waals surface area contributed by atoms with Crippen molar-refractivity contribution < 1.29 is 21.9 Å². The van der Waals surface area contributed by atoms with Gasteiger partial charge in [-0.05, 0) is 23.8 Å². The lowest BCUT2D eigenvalue weighted by molar-refractivity contribution is 0.205. The molecule has 1 atom stereocenters. The topological polar surface area (TPSA) is 216 Å². The summed E-state index contributed by atoms with van der Waals surface area (Å²) in [7, 11) is -8.92. The molecule has 0 bridgehead atoms. The van der Waals surface area contributed by atoms with Crippen LogP contribution >= 0.6 is 0 Å². The van der Waals surface area contributed by atoms with Crippen molar-refractivity contribution in [2.75, 3.05) is 23.7 Å². The molecule has 1 aliphatic rings. The number of nitrogens with one attached hydrogen (secondary N) is 1. The first-order valence-electron chi connectivity index (χ1n) is 9.46. The number of rotatable bonds is 7. The first-order chi connectivity index (χ1) is 15.1. The quantitative estimate of drug-likeness (QED) is 0.298. The van der Waals surface area contributed by atoms with Gasteiger partial charge < -0.3 is 20.3 Å². The highest BCUT2D eigenvalue weighted by Crippen LogP contribution is 2.41. The summed E-state index contributed by atoms with van der Waals surface area (Å²) < 4.78 is 53.3. The molecule has 1 aliphatic heterocycles. The van der Waals surface area contributed by atoms with Gasteiger partial charge in [0.2, 0.25) is 21.8 Å². The third-order valence-corrected chi connectivity index (χ3v) is 7.93. The van der Waals surface area contributed by atoms with E-state index in [0.717, 1.165) is 19.0 Å². The molecule has 0 spiro atoms. The molecule has 6 N–H and O–H groups in total. The van der Waals surface area contributed by atoms with Crippen LogP contribution in [0.5, 0.6) is 0 Å². The Balaban J connectivity index is 2.03. The Labute approximate surface area is 183 Å². The molecule has 0 radical (unpaired) electrons. The molecule has 0 saturated carbocycles. The van der Waals surface area contributed by atoms with Crippen molar-refractivity contribution >= 4 is 31.5 Å². The van der Waals surface area contributed by atoms with Crippen molar-refractivity contribution in [1.29, 1.82) is 0 Å². The molecule has 4 rings (SSSR count). The minimum Gasteiger partial charge on any atom is -0.391 e. The van der Waals surface area contributed by atoms with Crippen LogP contribution in [0.1, 0.15) is 6.42 Å². The molecule has 16 heteroatoms. The van der Waals surface area contributed by atoms with E-state index in [1.807, 2.05) is 4.57 Å². The molecule has 0 aliphatic carbocycles. The molecule has 14 nitrogen and oxygen atoms in total. The molecule has 0 fully saturated rings. The number of anilines is 2. The first-order valence-corrected chi connectivity index (χ1v) is 12.7. The maximum absolute atomic E-state index is 13.0. The summed E-state index contributed by atoms with van der Waals surface area (Å²) in [6.07, 6.45) is 2.72. The zero-order valence-corrected chi connectivity index (χ0v) is 18.3. The normalized spacial score (nSPS) is 15.5. The van der Waals surface area contributed by atoms with Crippen molar-refractivity contribution in [2.45, 2.75) is 28.9 Å². The number of tetrazole rings is 1. The number of benzene rings is 1. The highest BCUT2D eigenvalue weighted by atomic mass is 32.2. The summed E-state index contributed by atoms with van der Waals surface area (Å²) in [6, 6.07) is 2.57. The predicted molar refractivity (Wildman–Crippen MR) is 112 cm³/mol. The maximum atomic E-state index is 13.0. The molecular formula is C16H21N9O5S2. The van der Waals surface area contributed by atoms with E-state index >= 15 is 0 Å². The van der Waals surface area contributed by atoms with Crippen molar-refractivity contribution in [3.8, 4) is 11.4 Å². The number of sulfone groups is 1. The summed E-state index contributed by atoms with van der Waals surface area (Å²) in [5.41, 5.74) is 5.49. The number of hydrogen-bond acceptors (Lipinski definition) is 11. The number of nitrogens with zero attached hydrogens (tertiary/aromatic N) is 6. The van der Waals surface area contributed by atoms with Gasteiger partial charge >= 0.3 is 0 Å². The van der Waals surface area contributed by atoms with E-state index in [1.54, 1.807) is 17.3 Å². The largest absolute Gasteiger partial charge is 0.391 e. The molecule has 3 aromatic rings. The predicted octanol–water partition coefficient (Wildman–Crippen LogP) is -1.65. The second-order valence-electron chi connectivity index (χ2n) is 7.16. The van der Waals surface area contributed by atoms with Gasteiger partial charge in [0.1, 0.15) is 4.90 Å². The fraction of sp³-hybridized carbons (Fsp3) is 0.375. The van der Waals surface area contributed by atoms with Crippen molar-refractivity contribution in [2.24, 2.45) is 10.9 Å². The molecule has 172 valence electrons. The van der Waals surface area contributed by atoms with Gasteiger partial charge in [-0.3, -0.25) is 0 Å². The van der Waals surface area contributed by atoms with Gasteiger partial charge in [-0.25, -0.2) is 27.0 Å². The van der Waals surface area contributed by atoms with Crippen LogP contribution in [0.2, 0.25) is 0 Å². The SMILES string of the molecule is NC[C@@H](O)CS(=O)(=O)c1ccc(N2CCCn3ccnc32)c(-c2nn[nH]n2)c1S(N)(=O)=O. The van der Waals surface area contributed by atoms with Gasteiger partial charge in [0.05, 0.1) is 28.0 Å². The fourth-order valence-electron chi connectivity index (χ4n) is 3.65. The van der Waals surface area contributed by atoms with E-state index in [-0.39, 0.29) is 17.9 Å². The second-order valence-corrected chi connectivity index (χ2v) is 10.7. The van der Waals surface area contributed by atoms with Crippen LogP contribution in [0.15, 0.2) is 34.3 Å². The highest BCUT2D eigenvalue weighted by molar-refractivity contribution is 7.93. The lowest BCUT2D eigenvalue weighted by Gasteiger charge is -2.31. The maximum Gasteiger partial charge on any atom is 0.240 e. The molecule has 0 amide bonds. The van der Waals surface area contributed by atoms with E-state index in [4.69, 9.17) is 10.9 Å². The standard InChI is InChI=1S/C16H21N9O5S2/c17-8-10(26)9-31(27,28)12-3-2-11(25-6-1-5-24-7-4-19-16(24)25)13(14(12)32(18,29)30)15-20-22-23-21-15/h2-4,7,10,26H,1,5-6,8-9,17H2,(H2,18,29,30)(H,20,21,22,23)/t10-/m1/s1. The summed E-state index contributed by atoms with van der Waals surface area (Å²) in [4.78, 5) is 4.78. The molecule has 1 aromatic carbocycles. The zero-order chi connectivity index (χ0) is 23.1. The lowest BCUT2D eigenvalue weighted by atomic mass is 10.1. The van der Waals surface area contributed by atoms with Gasteiger partial charge in [0.25, 0.3) is 0 Å². The number of primary sulfonamides is 1. The highest BCUT2D eigenvalue weighted by Gasteiger charge is 2.35. The zero-order valence-electron chi connectivity index (χ0n) is 16.7. The number of aromatic nitrogens is 6. The van der Waals surface area contributed by atoms with Crippen LogP contribution in [0.3, 0.4) is 0 Å². The number of H-pyrrole nitrogens is 1. The minimum absolute atomic E-state index is 0.138. The monoisotopic (exact) mass is 483 g/mol. The number of aromatic amines is 1. The van der Waals surface area contributed by atoms with Crippen molar-refractivity contribution in [1.82, 2.24) is 30.2 Å². The summed E-state index contributed by atoms with van der Waals surface area (Å²) in [5.74, 6) is -0.412. The first kappa shape index (κ1) is 22.3. The molecule has 2 aromatic heterocycles. The van der Waals surface area contributed by atoms with Crippen molar-refractivity contribution in [3.05, 3.63) is 24.5 Å². The Kier molecular flexibility index (Phi) is 5.72. The van der Waals surface area contributed by atoms with E-state index in [0.29, 0.717) is 18.2 Å². The minimum atomic E-state index is -4.61.